The Morgan fingerprint density at radius 2 is 1.17 bits per heavy atom. The lowest BCUT2D eigenvalue weighted by molar-refractivity contribution is 0.403. The molecule has 0 fully saturated rings. The molecule has 4 aromatic carbocycles. The molecule has 0 bridgehead atoms. The number of nitrogens with one attached hydrogen (secondary N) is 1. The second kappa shape index (κ2) is 7.34. The van der Waals surface area contributed by atoms with Crippen LogP contribution in [0.25, 0.3) is 22.3 Å². The van der Waals surface area contributed by atoms with Gasteiger partial charge in [-0.3, -0.25) is 0 Å². The molecule has 1 N–H and O–H groups in total. The molecular weight excluding hydrogens is 422 g/mol. The summed E-state index contributed by atoms with van der Waals surface area (Å²) in [5, 5.41) is 3.66. The molecule has 0 amide bonds. The van der Waals surface area contributed by atoms with Crippen molar-refractivity contribution in [2.45, 2.75) is 64.2 Å². The summed E-state index contributed by atoms with van der Waals surface area (Å²) >= 11 is 0. The summed E-state index contributed by atoms with van der Waals surface area (Å²) in [7, 11) is 0. The zero-order valence-electron chi connectivity index (χ0n) is 21.8. The summed E-state index contributed by atoms with van der Waals surface area (Å²) in [4.78, 5) is 0. The zero-order valence-corrected chi connectivity index (χ0v) is 21.8. The minimum absolute atomic E-state index is 0.0156. The van der Waals surface area contributed by atoms with Gasteiger partial charge in [0.1, 0.15) is 0 Å². The highest BCUT2D eigenvalue weighted by Gasteiger charge is 2.43. The van der Waals surface area contributed by atoms with Crippen molar-refractivity contribution in [3.05, 3.63) is 107 Å². The monoisotopic (exact) mass is 457 g/mol. The summed E-state index contributed by atoms with van der Waals surface area (Å²) in [6.07, 6.45) is 1.19. The van der Waals surface area contributed by atoms with Gasteiger partial charge < -0.3 is 5.32 Å². The van der Waals surface area contributed by atoms with Crippen LogP contribution in [0.1, 0.15) is 70.2 Å². The van der Waals surface area contributed by atoms with Crippen LogP contribution in [0.5, 0.6) is 0 Å². The molecule has 0 unspecified atom stereocenters. The standard InChI is InChI=1S/C34H35N/c1-32(2)21-33(3,4)31-25(11-9-13-29(31)32)22-14-16-23(17-15-22)35-24-18-19-27-26-10-7-8-12-28(26)34(5,6)30(27)20-24/h7-20,35H,21H2,1-6H3. The normalized spacial score (nSPS) is 18.0. The first-order valence-electron chi connectivity index (χ1n) is 12.8. The molecule has 4 aromatic rings. The third kappa shape index (κ3) is 3.36. The molecule has 0 radical (unpaired) electrons. The van der Waals surface area contributed by atoms with Gasteiger partial charge in [-0.1, -0.05) is 102 Å². The molecule has 0 aromatic heterocycles. The minimum atomic E-state index is 0.0156. The molecule has 1 nitrogen and oxygen atoms in total. The van der Waals surface area contributed by atoms with E-state index in [-0.39, 0.29) is 16.2 Å². The number of hydrogen-bond acceptors (Lipinski definition) is 1. The van der Waals surface area contributed by atoms with Crippen LogP contribution in [0, 0.1) is 0 Å². The summed E-state index contributed by atoms with van der Waals surface area (Å²) in [5.41, 5.74) is 13.9. The van der Waals surface area contributed by atoms with Crippen LogP contribution in [-0.2, 0) is 16.2 Å². The second-order valence-electron chi connectivity index (χ2n) is 12.3. The zero-order chi connectivity index (χ0) is 24.6. The Balaban J connectivity index is 1.31. The largest absolute Gasteiger partial charge is 0.356 e. The van der Waals surface area contributed by atoms with Gasteiger partial charge in [-0.2, -0.15) is 0 Å². The molecule has 2 aliphatic carbocycles. The van der Waals surface area contributed by atoms with Crippen molar-refractivity contribution in [3.8, 4) is 22.3 Å². The Morgan fingerprint density at radius 3 is 1.94 bits per heavy atom. The van der Waals surface area contributed by atoms with Crippen molar-refractivity contribution in [1.29, 1.82) is 0 Å². The van der Waals surface area contributed by atoms with Gasteiger partial charge in [-0.15, -0.1) is 0 Å². The lowest BCUT2D eigenvalue weighted by Gasteiger charge is -2.24. The Labute approximate surface area is 210 Å². The number of anilines is 2. The van der Waals surface area contributed by atoms with E-state index in [4.69, 9.17) is 0 Å². The van der Waals surface area contributed by atoms with E-state index >= 15 is 0 Å². The van der Waals surface area contributed by atoms with E-state index < -0.39 is 0 Å². The fourth-order valence-electron chi connectivity index (χ4n) is 7.06. The van der Waals surface area contributed by atoms with Crippen LogP contribution in [-0.4, -0.2) is 0 Å². The van der Waals surface area contributed by atoms with E-state index in [0.29, 0.717) is 0 Å². The molecule has 0 saturated carbocycles. The smallest absolute Gasteiger partial charge is 0.0387 e. The van der Waals surface area contributed by atoms with Crippen LogP contribution in [0.3, 0.4) is 0 Å². The van der Waals surface area contributed by atoms with Crippen molar-refractivity contribution in [3.63, 3.8) is 0 Å². The molecule has 176 valence electrons. The highest BCUT2D eigenvalue weighted by Crippen LogP contribution is 2.53. The molecule has 0 spiro atoms. The van der Waals surface area contributed by atoms with Crippen molar-refractivity contribution in [1.82, 2.24) is 0 Å². The Bertz CT molecular complexity index is 1450. The van der Waals surface area contributed by atoms with Gasteiger partial charge in [-0.25, -0.2) is 0 Å². The molecular formula is C34H35N. The molecule has 0 atom stereocenters. The van der Waals surface area contributed by atoms with E-state index in [2.05, 4.69) is 132 Å². The molecule has 2 aliphatic rings. The molecule has 0 heterocycles. The Hall–Kier alpha value is -3.32. The summed E-state index contributed by atoms with van der Waals surface area (Å²) in [6.45, 7) is 14.2. The van der Waals surface area contributed by atoms with E-state index in [0.717, 1.165) is 11.4 Å². The predicted molar refractivity (Wildman–Crippen MR) is 150 cm³/mol. The van der Waals surface area contributed by atoms with Crippen molar-refractivity contribution in [2.75, 3.05) is 5.32 Å². The first-order valence-corrected chi connectivity index (χ1v) is 12.8. The Kier molecular flexibility index (Phi) is 4.65. The van der Waals surface area contributed by atoms with Crippen molar-refractivity contribution < 1.29 is 0 Å². The topological polar surface area (TPSA) is 12.0 Å². The van der Waals surface area contributed by atoms with Gasteiger partial charge in [0.2, 0.25) is 0 Å². The predicted octanol–water partition coefficient (Wildman–Crippen LogP) is 9.36. The minimum Gasteiger partial charge on any atom is -0.356 e. The third-order valence-corrected chi connectivity index (χ3v) is 8.42. The highest BCUT2D eigenvalue weighted by molar-refractivity contribution is 5.83. The number of benzene rings is 4. The first-order chi connectivity index (χ1) is 16.6. The average Bonchev–Trinajstić information content (AvgIpc) is 3.17. The maximum Gasteiger partial charge on any atom is 0.0387 e. The number of rotatable bonds is 3. The molecule has 0 aliphatic heterocycles. The maximum atomic E-state index is 3.66. The number of fused-ring (bicyclic) bond motifs is 4. The van der Waals surface area contributed by atoms with Gasteiger partial charge in [0.25, 0.3) is 0 Å². The fraction of sp³-hybridized carbons (Fsp3) is 0.294. The van der Waals surface area contributed by atoms with Crippen molar-refractivity contribution >= 4 is 11.4 Å². The van der Waals surface area contributed by atoms with Crippen LogP contribution in [0.4, 0.5) is 11.4 Å². The first kappa shape index (κ1) is 22.2. The molecule has 35 heavy (non-hydrogen) atoms. The molecule has 1 heteroatoms. The lowest BCUT2D eigenvalue weighted by atomic mass is 9.80. The lowest BCUT2D eigenvalue weighted by Crippen LogP contribution is -2.18. The van der Waals surface area contributed by atoms with Gasteiger partial charge in [0.15, 0.2) is 0 Å². The van der Waals surface area contributed by atoms with Gasteiger partial charge >= 0.3 is 0 Å². The quantitative estimate of drug-likeness (QED) is 0.323. The van der Waals surface area contributed by atoms with Crippen LogP contribution in [0.15, 0.2) is 84.9 Å². The summed E-state index contributed by atoms with van der Waals surface area (Å²) in [6, 6.07) is 31.5. The molecule has 0 saturated heterocycles. The highest BCUT2D eigenvalue weighted by atomic mass is 14.9. The van der Waals surface area contributed by atoms with Crippen LogP contribution in [0.2, 0.25) is 0 Å². The van der Waals surface area contributed by atoms with Crippen LogP contribution < -0.4 is 5.32 Å². The average molecular weight is 458 g/mol. The van der Waals surface area contributed by atoms with E-state index in [1.807, 2.05) is 0 Å². The maximum absolute atomic E-state index is 3.66. The van der Waals surface area contributed by atoms with Crippen LogP contribution >= 0.6 is 0 Å². The van der Waals surface area contributed by atoms with Gasteiger partial charge in [0.05, 0.1) is 0 Å². The summed E-state index contributed by atoms with van der Waals surface area (Å²) < 4.78 is 0. The Morgan fingerprint density at radius 1 is 0.543 bits per heavy atom. The van der Waals surface area contributed by atoms with Crippen molar-refractivity contribution in [2.24, 2.45) is 0 Å². The second-order valence-corrected chi connectivity index (χ2v) is 12.3. The van der Waals surface area contributed by atoms with Gasteiger partial charge in [-0.05, 0) is 86.0 Å². The SMILES string of the molecule is CC1(C)CC(C)(C)c2c(-c3ccc(Nc4ccc5c(c4)C(C)(C)c4ccccc4-5)cc3)cccc21. The third-order valence-electron chi connectivity index (χ3n) is 8.42. The van der Waals surface area contributed by atoms with E-state index in [1.165, 1.54) is 50.9 Å². The fourth-order valence-corrected chi connectivity index (χ4v) is 7.06. The molecule has 6 rings (SSSR count). The number of hydrogen-bond donors (Lipinski definition) is 1. The van der Waals surface area contributed by atoms with E-state index in [1.54, 1.807) is 0 Å². The summed E-state index contributed by atoms with van der Waals surface area (Å²) in [5.74, 6) is 0. The van der Waals surface area contributed by atoms with E-state index in [9.17, 15) is 0 Å². The van der Waals surface area contributed by atoms with Gasteiger partial charge in [0, 0.05) is 16.8 Å².